The predicted molar refractivity (Wildman–Crippen MR) is 71.4 cm³/mol. The van der Waals surface area contributed by atoms with Gasteiger partial charge in [-0.15, -0.1) is 0 Å². The molecule has 19 heavy (non-hydrogen) atoms. The fourth-order valence-electron chi connectivity index (χ4n) is 2.09. The van der Waals surface area contributed by atoms with Gasteiger partial charge in [0.2, 0.25) is 0 Å². The number of hydrogen-bond acceptors (Lipinski definition) is 1. The molecule has 0 saturated heterocycles. The molecular weight excluding hydrogens is 251 g/mol. The Labute approximate surface area is 113 Å². The largest absolute Gasteiger partial charge is 0.310 e. The van der Waals surface area contributed by atoms with Crippen LogP contribution in [0.5, 0.6) is 0 Å². The summed E-state index contributed by atoms with van der Waals surface area (Å²) in [6.07, 6.45) is 1.44. The Morgan fingerprint density at radius 1 is 1.11 bits per heavy atom. The summed E-state index contributed by atoms with van der Waals surface area (Å²) in [5, 5.41) is 3.14. The molecule has 0 bridgehead atoms. The highest BCUT2D eigenvalue weighted by atomic mass is 19.1. The van der Waals surface area contributed by atoms with Gasteiger partial charge in [-0.2, -0.15) is 0 Å². The average molecular weight is 273 g/mol. The van der Waals surface area contributed by atoms with E-state index in [1.807, 2.05) is 27.7 Å². The van der Waals surface area contributed by atoms with Gasteiger partial charge in [-0.1, -0.05) is 27.7 Å². The lowest BCUT2D eigenvalue weighted by Gasteiger charge is -2.27. The minimum Gasteiger partial charge on any atom is -0.310 e. The highest BCUT2D eigenvalue weighted by Gasteiger charge is 2.25. The normalized spacial score (nSPS) is 13.6. The number of rotatable bonds is 5. The van der Waals surface area contributed by atoms with Gasteiger partial charge in [0.25, 0.3) is 0 Å². The summed E-state index contributed by atoms with van der Waals surface area (Å²) < 4.78 is 40.6. The summed E-state index contributed by atoms with van der Waals surface area (Å²) in [6.45, 7) is 8.67. The van der Waals surface area contributed by atoms with Crippen LogP contribution < -0.4 is 5.32 Å². The Hall–Kier alpha value is -1.03. The molecule has 0 radical (unpaired) electrons. The van der Waals surface area contributed by atoms with Crippen LogP contribution in [0.25, 0.3) is 0 Å². The van der Waals surface area contributed by atoms with Crippen molar-refractivity contribution in [1.29, 1.82) is 0 Å². The first-order valence-electron chi connectivity index (χ1n) is 6.62. The molecule has 1 aromatic carbocycles. The Kier molecular flexibility index (Phi) is 5.41. The maximum Gasteiger partial charge on any atom is 0.133 e. The van der Waals surface area contributed by atoms with Gasteiger partial charge in [0.15, 0.2) is 0 Å². The summed E-state index contributed by atoms with van der Waals surface area (Å²) in [4.78, 5) is 0. The van der Waals surface area contributed by atoms with Gasteiger partial charge in [-0.05, 0) is 24.8 Å². The Morgan fingerprint density at radius 3 is 2.05 bits per heavy atom. The van der Waals surface area contributed by atoms with Crippen molar-refractivity contribution < 1.29 is 13.2 Å². The van der Waals surface area contributed by atoms with E-state index in [4.69, 9.17) is 0 Å². The SMILES string of the molecule is CCCNC(CC(C)(C)C)c1c(F)cc(F)cc1F. The maximum atomic E-state index is 13.8. The van der Waals surface area contributed by atoms with Crippen LogP contribution in [0, 0.1) is 22.9 Å². The summed E-state index contributed by atoms with van der Waals surface area (Å²) in [6, 6.07) is 1.03. The summed E-state index contributed by atoms with van der Waals surface area (Å²) in [5.41, 5.74) is -0.150. The van der Waals surface area contributed by atoms with Crippen molar-refractivity contribution in [2.24, 2.45) is 5.41 Å². The zero-order valence-electron chi connectivity index (χ0n) is 12.0. The molecule has 108 valence electrons. The molecule has 0 aliphatic carbocycles. The number of halogens is 3. The van der Waals surface area contributed by atoms with Gasteiger partial charge in [-0.25, -0.2) is 13.2 Å². The van der Waals surface area contributed by atoms with E-state index >= 15 is 0 Å². The molecule has 0 aliphatic heterocycles. The van der Waals surface area contributed by atoms with Gasteiger partial charge < -0.3 is 5.32 Å². The molecule has 0 saturated carbocycles. The van der Waals surface area contributed by atoms with Crippen LogP contribution in [0.2, 0.25) is 0 Å². The van der Waals surface area contributed by atoms with Crippen molar-refractivity contribution >= 4 is 0 Å². The fraction of sp³-hybridized carbons (Fsp3) is 0.600. The van der Waals surface area contributed by atoms with Gasteiger partial charge in [-0.3, -0.25) is 0 Å². The molecule has 1 nitrogen and oxygen atoms in total. The number of benzene rings is 1. The first kappa shape index (κ1) is 16.0. The molecule has 0 aromatic heterocycles. The van der Waals surface area contributed by atoms with Crippen molar-refractivity contribution in [3.05, 3.63) is 35.1 Å². The Balaban J connectivity index is 3.09. The van der Waals surface area contributed by atoms with E-state index in [0.29, 0.717) is 13.0 Å². The van der Waals surface area contributed by atoms with E-state index in [2.05, 4.69) is 5.32 Å². The summed E-state index contributed by atoms with van der Waals surface area (Å²) in [5.74, 6) is -2.53. The lowest BCUT2D eigenvalue weighted by Crippen LogP contribution is -2.28. The third kappa shape index (κ3) is 4.86. The predicted octanol–water partition coefficient (Wildman–Crippen LogP) is 4.58. The van der Waals surface area contributed by atoms with Gasteiger partial charge in [0, 0.05) is 23.7 Å². The van der Waals surface area contributed by atoms with Gasteiger partial charge in [0.05, 0.1) is 0 Å². The summed E-state index contributed by atoms with van der Waals surface area (Å²) >= 11 is 0. The van der Waals surface area contributed by atoms with Crippen LogP contribution in [-0.2, 0) is 0 Å². The van der Waals surface area contributed by atoms with Crippen LogP contribution in [0.3, 0.4) is 0 Å². The third-order valence-electron chi connectivity index (χ3n) is 2.85. The van der Waals surface area contributed by atoms with Crippen molar-refractivity contribution in [3.63, 3.8) is 0 Å². The first-order valence-corrected chi connectivity index (χ1v) is 6.62. The van der Waals surface area contributed by atoms with E-state index < -0.39 is 23.5 Å². The smallest absolute Gasteiger partial charge is 0.133 e. The molecular formula is C15H22F3N. The van der Waals surface area contributed by atoms with E-state index in [1.54, 1.807) is 0 Å². The van der Waals surface area contributed by atoms with Crippen molar-refractivity contribution in [2.45, 2.75) is 46.6 Å². The third-order valence-corrected chi connectivity index (χ3v) is 2.85. The first-order chi connectivity index (χ1) is 8.74. The fourth-order valence-corrected chi connectivity index (χ4v) is 2.09. The Morgan fingerprint density at radius 2 is 1.63 bits per heavy atom. The second kappa shape index (κ2) is 6.42. The van der Waals surface area contributed by atoms with Crippen LogP contribution >= 0.6 is 0 Å². The topological polar surface area (TPSA) is 12.0 Å². The monoisotopic (exact) mass is 273 g/mol. The molecule has 0 amide bonds. The zero-order valence-corrected chi connectivity index (χ0v) is 12.0. The zero-order chi connectivity index (χ0) is 14.6. The molecule has 0 spiro atoms. The molecule has 1 N–H and O–H groups in total. The molecule has 0 heterocycles. The minimum atomic E-state index is -0.885. The molecule has 1 rings (SSSR count). The minimum absolute atomic E-state index is 0.0650. The molecule has 4 heteroatoms. The van der Waals surface area contributed by atoms with Crippen molar-refractivity contribution in [3.8, 4) is 0 Å². The standard InChI is InChI=1S/C15H22F3N/c1-5-6-19-13(9-15(2,3)4)14-11(17)7-10(16)8-12(14)18/h7-8,13,19H,5-6,9H2,1-4H3. The van der Waals surface area contributed by atoms with E-state index in [9.17, 15) is 13.2 Å². The number of hydrogen-bond donors (Lipinski definition) is 1. The lowest BCUT2D eigenvalue weighted by atomic mass is 9.85. The Bertz CT molecular complexity index is 401. The molecule has 0 fully saturated rings. The molecule has 0 aliphatic rings. The molecule has 1 aromatic rings. The van der Waals surface area contributed by atoms with Crippen molar-refractivity contribution in [1.82, 2.24) is 5.32 Å². The molecule has 1 atom stereocenters. The lowest BCUT2D eigenvalue weighted by molar-refractivity contribution is 0.301. The van der Waals surface area contributed by atoms with Crippen LogP contribution in [-0.4, -0.2) is 6.54 Å². The van der Waals surface area contributed by atoms with Crippen LogP contribution in [0.15, 0.2) is 12.1 Å². The summed E-state index contributed by atoms with van der Waals surface area (Å²) in [7, 11) is 0. The van der Waals surface area contributed by atoms with Crippen LogP contribution in [0.4, 0.5) is 13.2 Å². The van der Waals surface area contributed by atoms with E-state index in [-0.39, 0.29) is 11.0 Å². The number of nitrogens with one attached hydrogen (secondary N) is 1. The highest BCUT2D eigenvalue weighted by Crippen LogP contribution is 2.32. The van der Waals surface area contributed by atoms with Gasteiger partial charge in [0.1, 0.15) is 17.5 Å². The quantitative estimate of drug-likeness (QED) is 0.828. The van der Waals surface area contributed by atoms with Crippen molar-refractivity contribution in [2.75, 3.05) is 6.54 Å². The second-order valence-corrected chi connectivity index (χ2v) is 6.05. The van der Waals surface area contributed by atoms with E-state index in [1.165, 1.54) is 0 Å². The highest BCUT2D eigenvalue weighted by molar-refractivity contribution is 5.24. The second-order valence-electron chi connectivity index (χ2n) is 6.05. The van der Waals surface area contributed by atoms with E-state index in [0.717, 1.165) is 18.6 Å². The maximum absolute atomic E-state index is 13.8. The average Bonchev–Trinajstić information content (AvgIpc) is 2.22. The molecule has 1 unspecified atom stereocenters. The van der Waals surface area contributed by atoms with Gasteiger partial charge >= 0.3 is 0 Å². The van der Waals surface area contributed by atoms with Crippen LogP contribution in [0.1, 0.15) is 52.1 Å².